The first-order valence-electron chi connectivity index (χ1n) is 9.94. The van der Waals surface area contributed by atoms with E-state index in [0.717, 1.165) is 57.5 Å². The van der Waals surface area contributed by atoms with Gasteiger partial charge in [-0.25, -0.2) is 0 Å². The van der Waals surface area contributed by atoms with Crippen LogP contribution in [0.4, 0.5) is 0 Å². The van der Waals surface area contributed by atoms with Gasteiger partial charge in [-0.05, 0) is 56.5 Å². The molecule has 1 N–H and O–H groups in total. The lowest BCUT2D eigenvalue weighted by molar-refractivity contribution is -0.121. The van der Waals surface area contributed by atoms with E-state index in [0.29, 0.717) is 13.0 Å². The fourth-order valence-corrected chi connectivity index (χ4v) is 3.81. The van der Waals surface area contributed by atoms with E-state index in [1.807, 2.05) is 12.1 Å². The summed E-state index contributed by atoms with van der Waals surface area (Å²) in [5.41, 5.74) is 3.44. The Morgan fingerprint density at radius 2 is 1.81 bits per heavy atom. The van der Waals surface area contributed by atoms with Crippen molar-refractivity contribution in [2.24, 2.45) is 0 Å². The molecule has 0 unspecified atom stereocenters. The van der Waals surface area contributed by atoms with Gasteiger partial charge in [0.05, 0.1) is 0 Å². The van der Waals surface area contributed by atoms with Crippen molar-refractivity contribution in [1.82, 2.24) is 15.1 Å². The number of likely N-dealkylation sites (N-methyl/N-ethyl adjacent to an activating group) is 1. The van der Waals surface area contributed by atoms with Gasteiger partial charge in [-0.3, -0.25) is 9.59 Å². The van der Waals surface area contributed by atoms with E-state index in [4.69, 9.17) is 0 Å². The number of carbonyl (C=O) groups is 2. The Hall–Kier alpha value is -1.72. The predicted octanol–water partition coefficient (Wildman–Crippen LogP) is 1.89. The summed E-state index contributed by atoms with van der Waals surface area (Å²) in [6.07, 6.45) is 4.93. The Morgan fingerprint density at radius 1 is 1.04 bits per heavy atom. The molecule has 142 valence electrons. The smallest absolute Gasteiger partial charge is 0.220 e. The topological polar surface area (TPSA) is 52.6 Å². The first-order chi connectivity index (χ1) is 12.6. The minimum Gasteiger partial charge on any atom is -0.356 e. The third-order valence-electron chi connectivity index (χ3n) is 5.57. The highest BCUT2D eigenvalue weighted by Gasteiger charge is 2.15. The second kappa shape index (κ2) is 9.28. The summed E-state index contributed by atoms with van der Waals surface area (Å²) in [5, 5.41) is 2.95. The largest absolute Gasteiger partial charge is 0.356 e. The van der Waals surface area contributed by atoms with Crippen molar-refractivity contribution in [1.29, 1.82) is 0 Å². The molecule has 1 aliphatic heterocycles. The molecular weight excluding hydrogens is 326 g/mol. The highest BCUT2D eigenvalue weighted by molar-refractivity contribution is 5.98. The van der Waals surface area contributed by atoms with Gasteiger partial charge in [0, 0.05) is 51.1 Å². The molecule has 0 spiro atoms. The van der Waals surface area contributed by atoms with Gasteiger partial charge in [0.1, 0.15) is 0 Å². The number of ketones is 1. The highest BCUT2D eigenvalue weighted by Crippen LogP contribution is 2.23. The van der Waals surface area contributed by atoms with Crippen molar-refractivity contribution < 1.29 is 9.59 Å². The first kappa shape index (κ1) is 19.1. The summed E-state index contributed by atoms with van der Waals surface area (Å²) >= 11 is 0. The van der Waals surface area contributed by atoms with Crippen LogP contribution >= 0.6 is 0 Å². The number of rotatable bonds is 8. The summed E-state index contributed by atoms with van der Waals surface area (Å²) in [7, 11) is 2.15. The number of piperazine rings is 1. The molecule has 1 saturated heterocycles. The molecular formula is C21H31N3O2. The molecule has 26 heavy (non-hydrogen) atoms. The van der Waals surface area contributed by atoms with Crippen LogP contribution in [-0.2, 0) is 17.6 Å². The minimum atomic E-state index is -0.0158. The van der Waals surface area contributed by atoms with Gasteiger partial charge >= 0.3 is 0 Å². The Kier molecular flexibility index (Phi) is 6.80. The lowest BCUT2D eigenvalue weighted by Crippen LogP contribution is -2.45. The maximum Gasteiger partial charge on any atom is 0.220 e. The molecule has 1 amide bonds. The van der Waals surface area contributed by atoms with E-state index in [-0.39, 0.29) is 18.1 Å². The lowest BCUT2D eigenvalue weighted by Gasteiger charge is -2.32. The van der Waals surface area contributed by atoms with Crippen LogP contribution in [0, 0.1) is 0 Å². The average Bonchev–Trinajstić information content (AvgIpc) is 3.12. The van der Waals surface area contributed by atoms with E-state index < -0.39 is 0 Å². The molecule has 1 aliphatic carbocycles. The van der Waals surface area contributed by atoms with Crippen LogP contribution in [0.25, 0.3) is 0 Å². The SMILES string of the molecule is CN1CCN(CCCNC(=O)CCC(=O)c2ccc3c(c2)CCC3)CC1. The highest BCUT2D eigenvalue weighted by atomic mass is 16.2. The van der Waals surface area contributed by atoms with Crippen molar-refractivity contribution in [3.63, 3.8) is 0 Å². The molecule has 1 heterocycles. The van der Waals surface area contributed by atoms with Gasteiger partial charge in [0.15, 0.2) is 5.78 Å². The number of fused-ring (bicyclic) bond motifs is 1. The zero-order valence-corrected chi connectivity index (χ0v) is 15.9. The summed E-state index contributed by atoms with van der Waals surface area (Å²) in [5.74, 6) is 0.0603. The van der Waals surface area contributed by atoms with Crippen molar-refractivity contribution in [2.75, 3.05) is 46.3 Å². The number of aryl methyl sites for hydroxylation is 2. The number of hydrogen-bond donors (Lipinski definition) is 1. The number of hydrogen-bond acceptors (Lipinski definition) is 4. The second-order valence-corrected chi connectivity index (χ2v) is 7.61. The summed E-state index contributed by atoms with van der Waals surface area (Å²) < 4.78 is 0. The van der Waals surface area contributed by atoms with E-state index in [1.54, 1.807) is 0 Å². The van der Waals surface area contributed by atoms with Gasteiger partial charge < -0.3 is 15.1 Å². The standard InChI is InChI=1S/C21H31N3O2/c1-23-12-14-24(15-13-23)11-3-10-22-21(26)9-8-20(25)19-7-6-17-4-2-5-18(17)16-19/h6-7,16H,2-5,8-15H2,1H3,(H,22,26). The Labute approximate surface area is 156 Å². The summed E-state index contributed by atoms with van der Waals surface area (Å²) in [6.45, 7) is 6.19. The summed E-state index contributed by atoms with van der Waals surface area (Å²) in [4.78, 5) is 29.1. The molecule has 0 aromatic heterocycles. The van der Waals surface area contributed by atoms with Crippen LogP contribution in [0.5, 0.6) is 0 Å². The quantitative estimate of drug-likeness (QED) is 0.570. The monoisotopic (exact) mass is 357 g/mol. The van der Waals surface area contributed by atoms with Crippen LogP contribution in [0.15, 0.2) is 18.2 Å². The number of amides is 1. The van der Waals surface area contributed by atoms with Crippen molar-refractivity contribution in [3.8, 4) is 0 Å². The van der Waals surface area contributed by atoms with Crippen molar-refractivity contribution in [3.05, 3.63) is 34.9 Å². The number of carbonyl (C=O) groups excluding carboxylic acids is 2. The maximum absolute atomic E-state index is 12.3. The zero-order chi connectivity index (χ0) is 18.4. The molecule has 5 nitrogen and oxygen atoms in total. The van der Waals surface area contributed by atoms with Crippen LogP contribution < -0.4 is 5.32 Å². The molecule has 0 radical (unpaired) electrons. The molecule has 5 heteroatoms. The molecule has 0 bridgehead atoms. The van der Waals surface area contributed by atoms with Crippen LogP contribution in [0.1, 0.15) is 47.2 Å². The van der Waals surface area contributed by atoms with E-state index in [1.165, 1.54) is 17.5 Å². The zero-order valence-electron chi connectivity index (χ0n) is 15.9. The van der Waals surface area contributed by atoms with Gasteiger partial charge in [-0.1, -0.05) is 12.1 Å². The van der Waals surface area contributed by atoms with Crippen LogP contribution in [-0.4, -0.2) is 67.8 Å². The second-order valence-electron chi connectivity index (χ2n) is 7.61. The van der Waals surface area contributed by atoms with Crippen molar-refractivity contribution in [2.45, 2.75) is 38.5 Å². The number of Topliss-reactive ketones (excluding diaryl/α,β-unsaturated/α-hetero) is 1. The molecule has 3 rings (SSSR count). The van der Waals surface area contributed by atoms with E-state index in [2.05, 4.69) is 28.2 Å². The normalized spacial score (nSPS) is 17.9. The minimum absolute atomic E-state index is 0.0158. The Bertz CT molecular complexity index is 636. The number of benzene rings is 1. The molecule has 1 fully saturated rings. The molecule has 1 aromatic carbocycles. The Morgan fingerprint density at radius 3 is 2.62 bits per heavy atom. The fourth-order valence-electron chi connectivity index (χ4n) is 3.81. The third kappa shape index (κ3) is 5.39. The molecule has 1 aromatic rings. The van der Waals surface area contributed by atoms with E-state index in [9.17, 15) is 9.59 Å². The van der Waals surface area contributed by atoms with Gasteiger partial charge in [0.25, 0.3) is 0 Å². The molecule has 0 atom stereocenters. The lowest BCUT2D eigenvalue weighted by atomic mass is 10.0. The van der Waals surface area contributed by atoms with Crippen molar-refractivity contribution >= 4 is 11.7 Å². The summed E-state index contributed by atoms with van der Waals surface area (Å²) in [6, 6.07) is 6.02. The molecule has 2 aliphatic rings. The van der Waals surface area contributed by atoms with E-state index >= 15 is 0 Å². The maximum atomic E-state index is 12.3. The van der Waals surface area contributed by atoms with Crippen LogP contribution in [0.3, 0.4) is 0 Å². The fraction of sp³-hybridized carbons (Fsp3) is 0.619. The van der Waals surface area contributed by atoms with Gasteiger partial charge in [-0.2, -0.15) is 0 Å². The third-order valence-corrected chi connectivity index (χ3v) is 5.57. The first-order valence-corrected chi connectivity index (χ1v) is 9.94. The molecule has 0 saturated carbocycles. The number of nitrogens with one attached hydrogen (secondary N) is 1. The number of nitrogens with zero attached hydrogens (tertiary/aromatic N) is 2. The van der Waals surface area contributed by atoms with Gasteiger partial charge in [-0.15, -0.1) is 0 Å². The average molecular weight is 357 g/mol. The van der Waals surface area contributed by atoms with Gasteiger partial charge in [0.2, 0.25) is 5.91 Å². The Balaban J connectivity index is 1.30. The predicted molar refractivity (Wildman–Crippen MR) is 104 cm³/mol. The van der Waals surface area contributed by atoms with Crippen LogP contribution in [0.2, 0.25) is 0 Å².